The molecule has 0 saturated heterocycles. The summed E-state index contributed by atoms with van der Waals surface area (Å²) in [6.45, 7) is 6.17. The molecule has 1 unspecified atom stereocenters. The van der Waals surface area contributed by atoms with Gasteiger partial charge < -0.3 is 9.64 Å². The minimum absolute atomic E-state index is 0.0637. The molecule has 0 saturated carbocycles. The highest BCUT2D eigenvalue weighted by molar-refractivity contribution is 8.03. The van der Waals surface area contributed by atoms with Crippen molar-refractivity contribution in [1.29, 1.82) is 5.26 Å². The number of nitrogens with zero attached hydrogens (tertiary/aromatic N) is 4. The number of hydrogen-bond acceptors (Lipinski definition) is 6. The lowest BCUT2D eigenvalue weighted by Gasteiger charge is -2.47. The number of benzene rings is 1. The maximum absolute atomic E-state index is 12.8. The number of carbonyl (C=O) groups is 1. The molecule has 0 bridgehead atoms. The maximum Gasteiger partial charge on any atom is 0.301 e. The minimum atomic E-state index is -1.34. The van der Waals surface area contributed by atoms with Gasteiger partial charge in [-0.3, -0.25) is 4.79 Å². The Morgan fingerprint density at radius 3 is 2.67 bits per heavy atom. The van der Waals surface area contributed by atoms with Crippen LogP contribution in [0.1, 0.15) is 26.3 Å². The van der Waals surface area contributed by atoms with E-state index in [-0.39, 0.29) is 5.94 Å². The third kappa shape index (κ3) is 3.66. The third-order valence-electron chi connectivity index (χ3n) is 3.75. The summed E-state index contributed by atoms with van der Waals surface area (Å²) in [5.74, 6) is -0.365. The fourth-order valence-electron chi connectivity index (χ4n) is 2.67. The van der Waals surface area contributed by atoms with Gasteiger partial charge in [0.1, 0.15) is 17.7 Å². The molecule has 1 aliphatic rings. The molecule has 7 heteroatoms. The van der Waals surface area contributed by atoms with Crippen LogP contribution >= 0.6 is 11.8 Å². The largest absolute Gasteiger partial charge is 0.334 e. The lowest BCUT2D eigenvalue weighted by atomic mass is 9.80. The van der Waals surface area contributed by atoms with Gasteiger partial charge in [0.25, 0.3) is 0 Å². The van der Waals surface area contributed by atoms with E-state index in [9.17, 15) is 4.79 Å². The third-order valence-corrected chi connectivity index (χ3v) is 4.11. The van der Waals surface area contributed by atoms with E-state index >= 15 is 0 Å². The van der Waals surface area contributed by atoms with E-state index in [2.05, 4.69) is 9.98 Å². The molecule has 0 aliphatic carbocycles. The Hall–Kier alpha value is -2.17. The van der Waals surface area contributed by atoms with Crippen LogP contribution in [0.2, 0.25) is 0 Å². The van der Waals surface area contributed by atoms with Gasteiger partial charge in [-0.05, 0) is 17.3 Å². The zero-order valence-corrected chi connectivity index (χ0v) is 14.8. The standard InChI is InChI=1S/C17H20N4O2S/c1-16(2,3)17(23-13-24-10-18)15(22)20-11-19-12-21(17)9-14-7-5-4-6-8-14/h4-8,11-12H,9,13H2,1-3H3. The number of hydrogen-bond donors (Lipinski definition) is 0. The number of ether oxygens (including phenoxy) is 1. The molecule has 2 rings (SSSR count). The van der Waals surface area contributed by atoms with Crippen LogP contribution in [-0.2, 0) is 16.1 Å². The Labute approximate surface area is 146 Å². The van der Waals surface area contributed by atoms with Crippen molar-refractivity contribution in [3.05, 3.63) is 35.9 Å². The molecule has 6 nitrogen and oxygen atoms in total. The second kappa shape index (κ2) is 7.60. The summed E-state index contributed by atoms with van der Waals surface area (Å²) in [6.07, 6.45) is 2.80. The van der Waals surface area contributed by atoms with Crippen LogP contribution in [-0.4, -0.2) is 35.1 Å². The van der Waals surface area contributed by atoms with Crippen molar-refractivity contribution in [3.8, 4) is 5.40 Å². The van der Waals surface area contributed by atoms with Crippen molar-refractivity contribution in [2.24, 2.45) is 15.4 Å². The Morgan fingerprint density at radius 2 is 2.04 bits per heavy atom. The Balaban J connectivity index is 2.45. The van der Waals surface area contributed by atoms with Gasteiger partial charge in [-0.15, -0.1) is 0 Å². The maximum atomic E-state index is 12.8. The predicted molar refractivity (Wildman–Crippen MR) is 95.3 cm³/mol. The van der Waals surface area contributed by atoms with Crippen molar-refractivity contribution < 1.29 is 9.53 Å². The second-order valence-corrected chi connectivity index (χ2v) is 7.03. The number of rotatable bonds is 5. The number of amides is 1. The smallest absolute Gasteiger partial charge is 0.301 e. The lowest BCUT2D eigenvalue weighted by molar-refractivity contribution is -0.189. The number of carbonyl (C=O) groups excluding carboxylic acids is 1. The summed E-state index contributed by atoms with van der Waals surface area (Å²) in [7, 11) is 0. The monoisotopic (exact) mass is 344 g/mol. The predicted octanol–water partition coefficient (Wildman–Crippen LogP) is 3.02. The summed E-state index contributed by atoms with van der Waals surface area (Å²) >= 11 is 0.942. The normalized spacial score (nSPS) is 20.8. The van der Waals surface area contributed by atoms with E-state index in [0.29, 0.717) is 6.54 Å². The molecular formula is C17H20N4O2S. The van der Waals surface area contributed by atoms with E-state index in [4.69, 9.17) is 10.00 Å². The minimum Gasteiger partial charge on any atom is -0.334 e. The molecule has 1 aromatic rings. The fourth-order valence-corrected chi connectivity index (χ4v) is 2.96. The summed E-state index contributed by atoms with van der Waals surface area (Å²) in [5.41, 5.74) is -0.921. The van der Waals surface area contributed by atoms with E-state index in [0.717, 1.165) is 17.3 Å². The molecule has 126 valence electrons. The molecule has 1 atom stereocenters. The van der Waals surface area contributed by atoms with Gasteiger partial charge in [0.2, 0.25) is 5.72 Å². The van der Waals surface area contributed by atoms with Crippen LogP contribution < -0.4 is 0 Å². The van der Waals surface area contributed by atoms with Crippen LogP contribution in [0, 0.1) is 16.1 Å². The molecule has 24 heavy (non-hydrogen) atoms. The molecule has 0 radical (unpaired) electrons. The van der Waals surface area contributed by atoms with Crippen molar-refractivity contribution in [1.82, 2.24) is 4.90 Å². The molecular weight excluding hydrogens is 324 g/mol. The highest BCUT2D eigenvalue weighted by Crippen LogP contribution is 2.39. The van der Waals surface area contributed by atoms with Crippen molar-refractivity contribution in [2.75, 3.05) is 5.94 Å². The Morgan fingerprint density at radius 1 is 1.33 bits per heavy atom. The van der Waals surface area contributed by atoms with Crippen LogP contribution in [0.4, 0.5) is 0 Å². The first-order chi connectivity index (χ1) is 11.4. The number of thiocyanates is 1. The Bertz CT molecular complexity index is 676. The van der Waals surface area contributed by atoms with Crippen LogP contribution in [0.5, 0.6) is 0 Å². The molecule has 0 N–H and O–H groups in total. The average Bonchev–Trinajstić information content (AvgIpc) is 2.69. The molecule has 1 aromatic carbocycles. The van der Waals surface area contributed by atoms with Crippen LogP contribution in [0.15, 0.2) is 40.3 Å². The molecule has 1 heterocycles. The number of thioether (sulfide) groups is 1. The van der Waals surface area contributed by atoms with Gasteiger partial charge in [-0.2, -0.15) is 10.3 Å². The van der Waals surface area contributed by atoms with E-state index < -0.39 is 17.0 Å². The van der Waals surface area contributed by atoms with E-state index in [1.165, 1.54) is 6.34 Å². The number of nitriles is 1. The highest BCUT2D eigenvalue weighted by atomic mass is 32.2. The van der Waals surface area contributed by atoms with Gasteiger partial charge in [0.05, 0.1) is 6.34 Å². The summed E-state index contributed by atoms with van der Waals surface area (Å²) < 4.78 is 5.96. The second-order valence-electron chi connectivity index (χ2n) is 6.32. The molecule has 0 aromatic heterocycles. The van der Waals surface area contributed by atoms with Crippen molar-refractivity contribution in [2.45, 2.75) is 33.0 Å². The van der Waals surface area contributed by atoms with Gasteiger partial charge in [-0.1, -0.05) is 51.1 Å². The van der Waals surface area contributed by atoms with Gasteiger partial charge >= 0.3 is 5.91 Å². The highest BCUT2D eigenvalue weighted by Gasteiger charge is 2.54. The number of aliphatic imine (C=N–C) groups is 2. The fraction of sp³-hybridized carbons (Fsp3) is 0.412. The first-order valence-corrected chi connectivity index (χ1v) is 8.46. The van der Waals surface area contributed by atoms with E-state index in [1.807, 2.05) is 56.5 Å². The van der Waals surface area contributed by atoms with Crippen LogP contribution in [0.25, 0.3) is 0 Å². The summed E-state index contributed by atoms with van der Waals surface area (Å²) in [5, 5.41) is 10.7. The zero-order valence-electron chi connectivity index (χ0n) is 14.0. The van der Waals surface area contributed by atoms with E-state index in [1.54, 1.807) is 11.2 Å². The molecule has 1 aliphatic heterocycles. The first kappa shape index (κ1) is 18.2. The first-order valence-electron chi connectivity index (χ1n) is 7.47. The quantitative estimate of drug-likeness (QED) is 0.466. The summed E-state index contributed by atoms with van der Waals surface area (Å²) in [6, 6.07) is 9.76. The molecule has 0 fully saturated rings. The van der Waals surface area contributed by atoms with Gasteiger partial charge in [0.15, 0.2) is 0 Å². The SMILES string of the molecule is CC(C)(C)C1(OCSC#N)C(=O)N=CN=CN1Cc1ccccc1. The van der Waals surface area contributed by atoms with Crippen LogP contribution in [0.3, 0.4) is 0 Å². The lowest BCUT2D eigenvalue weighted by Crippen LogP contribution is -2.62. The topological polar surface area (TPSA) is 78.0 Å². The van der Waals surface area contributed by atoms with Crippen molar-refractivity contribution in [3.63, 3.8) is 0 Å². The zero-order chi connectivity index (χ0) is 17.6. The molecule has 1 amide bonds. The molecule has 0 spiro atoms. The average molecular weight is 344 g/mol. The Kier molecular flexibility index (Phi) is 5.75. The van der Waals surface area contributed by atoms with Gasteiger partial charge in [0, 0.05) is 12.0 Å². The summed E-state index contributed by atoms with van der Waals surface area (Å²) in [4.78, 5) is 22.6. The van der Waals surface area contributed by atoms with Gasteiger partial charge in [-0.25, -0.2) is 4.99 Å². The van der Waals surface area contributed by atoms with Crippen molar-refractivity contribution >= 4 is 30.3 Å².